The molecular formula is C110H68O3. The van der Waals surface area contributed by atoms with Crippen LogP contribution in [0.5, 0.6) is 0 Å². The zero-order valence-electron chi connectivity index (χ0n) is 66.1. The molecule has 0 saturated carbocycles. The minimum absolute atomic E-state index is 0.201. The van der Waals surface area contributed by atoms with Crippen LogP contribution < -0.4 is 0 Å². The molecule has 0 aliphatic heterocycles. The van der Waals surface area contributed by atoms with Gasteiger partial charge in [0.2, 0.25) is 0 Å². The van der Waals surface area contributed by atoms with Crippen molar-refractivity contribution in [3.05, 3.63) is 412 Å². The van der Waals surface area contributed by atoms with Crippen LogP contribution in [0.2, 0.25) is 0 Å². The van der Waals surface area contributed by atoms with Crippen LogP contribution in [0.3, 0.4) is 0 Å². The molecule has 0 fully saturated rings. The van der Waals surface area contributed by atoms with Gasteiger partial charge in [-0.1, -0.05) is 364 Å². The van der Waals surface area contributed by atoms with Crippen LogP contribution >= 0.6 is 0 Å². The van der Waals surface area contributed by atoms with Crippen molar-refractivity contribution in [2.45, 2.75) is 0 Å². The highest BCUT2D eigenvalue weighted by atomic mass is 16.3. The monoisotopic (exact) mass is 1440 g/mol. The average molecular weight is 1440 g/mol. The third-order valence-electron chi connectivity index (χ3n) is 22.8. The largest absolute Gasteiger partial charge is 0.456 e. The second-order valence-electron chi connectivity index (χ2n) is 29.1. The Morgan fingerprint density at radius 3 is 1.09 bits per heavy atom. The van der Waals surface area contributed by atoms with Crippen molar-refractivity contribution in [3.8, 4) is 77.9 Å². The number of hydrogen-bond donors (Lipinski definition) is 0. The molecule has 0 unspecified atom stereocenters. The van der Waals surface area contributed by atoms with Crippen LogP contribution in [-0.2, 0) is 0 Å². The van der Waals surface area contributed by atoms with E-state index < -0.39 is 6.04 Å². The summed E-state index contributed by atoms with van der Waals surface area (Å²) in [6, 6.07) is 133. The first-order chi connectivity index (χ1) is 58.1. The number of rotatable bonds is 7. The van der Waals surface area contributed by atoms with Crippen LogP contribution in [0.1, 0.15) is 6.85 Å². The van der Waals surface area contributed by atoms with E-state index in [0.29, 0.717) is 5.56 Å². The Morgan fingerprint density at radius 1 is 0.168 bits per heavy atom. The third kappa shape index (κ3) is 11.0. The topological polar surface area (TPSA) is 39.4 Å². The van der Waals surface area contributed by atoms with Crippen LogP contribution in [0.25, 0.3) is 230 Å². The van der Waals surface area contributed by atoms with Gasteiger partial charge in [-0.25, -0.2) is 0 Å². The van der Waals surface area contributed by atoms with Gasteiger partial charge in [0.05, 0.1) is 6.85 Å². The van der Waals surface area contributed by atoms with Gasteiger partial charge in [0.25, 0.3) is 0 Å². The van der Waals surface area contributed by atoms with Gasteiger partial charge in [0.15, 0.2) is 0 Å². The Labute approximate surface area is 658 Å². The number of furan rings is 3. The predicted molar refractivity (Wildman–Crippen MR) is 479 cm³/mol. The van der Waals surface area contributed by atoms with Gasteiger partial charge in [-0.3, -0.25) is 0 Å². The Bertz CT molecular complexity index is 8060. The van der Waals surface area contributed by atoms with Crippen molar-refractivity contribution in [2.75, 3.05) is 0 Å². The second-order valence-corrected chi connectivity index (χ2v) is 29.1. The van der Waals surface area contributed by atoms with Crippen molar-refractivity contribution >= 4 is 152 Å². The fourth-order valence-corrected chi connectivity index (χ4v) is 17.9. The zero-order chi connectivity index (χ0) is 78.8. The van der Waals surface area contributed by atoms with Crippen LogP contribution in [0.15, 0.2) is 426 Å². The molecule has 0 N–H and O–H groups in total. The summed E-state index contributed by atoms with van der Waals surface area (Å²) in [4.78, 5) is 0. The van der Waals surface area contributed by atoms with E-state index in [1.807, 2.05) is 66.7 Å². The second kappa shape index (κ2) is 27.0. The maximum Gasteiger partial charge on any atom is 0.143 e. The first kappa shape index (κ1) is 60.1. The summed E-state index contributed by atoms with van der Waals surface area (Å²) in [6.07, 6.45) is 0. The van der Waals surface area contributed by atoms with E-state index in [0.717, 1.165) is 104 Å². The number of para-hydroxylation sites is 3. The van der Waals surface area contributed by atoms with Gasteiger partial charge in [0, 0.05) is 43.4 Å². The fraction of sp³-hybridized carbons (Fsp3) is 0. The van der Waals surface area contributed by atoms with E-state index in [9.17, 15) is 0 Å². The SMILES string of the molecule is [2H]c1c([2H])c([2H])c(-c2ccc(-c3c4ccccc4c(-c4cccc5c4oc4ccccc45)c4ccccc34)cc2)c([2H])c1[2H].c1ccc(-c2c3ccccc3c(-c3ccc4c(c3)oc3ccccc34)c3ccccc23)cc1.c1ccc2cc(-c3c4ccccc4c(-c4ccc5oc6ccc7ccccc7c6c5c4)c4ccccc34)ccc2c1. The third-order valence-corrected chi connectivity index (χ3v) is 22.8. The molecule has 21 aromatic carbocycles. The van der Waals surface area contributed by atoms with Gasteiger partial charge >= 0.3 is 0 Å². The Morgan fingerprint density at radius 2 is 0.522 bits per heavy atom. The number of hydrogen-bond acceptors (Lipinski definition) is 3. The Balaban J connectivity index is 0.000000108. The molecule has 0 radical (unpaired) electrons. The lowest BCUT2D eigenvalue weighted by atomic mass is 9.85. The minimum atomic E-state index is -0.392. The molecule has 0 aliphatic rings. The highest BCUT2D eigenvalue weighted by Gasteiger charge is 2.24. The lowest BCUT2D eigenvalue weighted by molar-refractivity contribution is 0.669. The normalized spacial score (nSPS) is 12.3. The highest BCUT2D eigenvalue weighted by Crippen LogP contribution is 2.51. The Hall–Kier alpha value is -14.9. The number of fused-ring (bicyclic) bond motifs is 18. The lowest BCUT2D eigenvalue weighted by Gasteiger charge is -2.18. The van der Waals surface area contributed by atoms with E-state index in [1.54, 1.807) is 0 Å². The molecule has 0 saturated heterocycles. The average Bonchev–Trinajstić information content (AvgIpc) is 1.14. The van der Waals surface area contributed by atoms with Crippen LogP contribution in [0, 0.1) is 0 Å². The molecule has 3 heteroatoms. The molecule has 3 aromatic heterocycles. The summed E-state index contributed by atoms with van der Waals surface area (Å²) >= 11 is 0. The molecule has 0 spiro atoms. The van der Waals surface area contributed by atoms with E-state index in [2.05, 4.69) is 315 Å². The van der Waals surface area contributed by atoms with Crippen LogP contribution in [-0.4, -0.2) is 0 Å². The van der Waals surface area contributed by atoms with E-state index in [-0.39, 0.29) is 29.7 Å². The molecule has 3 nitrogen and oxygen atoms in total. The lowest BCUT2D eigenvalue weighted by Crippen LogP contribution is -1.91. The summed E-state index contributed by atoms with van der Waals surface area (Å²) in [5.74, 6) is 0. The maximum atomic E-state index is 8.42. The zero-order valence-corrected chi connectivity index (χ0v) is 61.1. The minimum Gasteiger partial charge on any atom is -0.456 e. The van der Waals surface area contributed by atoms with Crippen molar-refractivity contribution in [1.29, 1.82) is 0 Å². The van der Waals surface area contributed by atoms with Gasteiger partial charge in [-0.15, -0.1) is 0 Å². The highest BCUT2D eigenvalue weighted by molar-refractivity contribution is 6.27. The summed E-state index contributed by atoms with van der Waals surface area (Å²) < 4.78 is 60.0. The van der Waals surface area contributed by atoms with Crippen molar-refractivity contribution in [1.82, 2.24) is 0 Å². The number of benzene rings is 21. The molecule has 0 amide bonds. The molecule has 3 heterocycles. The molecule has 0 bridgehead atoms. The van der Waals surface area contributed by atoms with Gasteiger partial charge in [-0.05, 0) is 201 Å². The first-order valence-electron chi connectivity index (χ1n) is 40.8. The molecule has 0 atom stereocenters. The standard InChI is InChI=1S/C40H24O.C38H24O.C32H20O/c1-2-11-27-23-28(18-17-25(27)9-1)38-31-13-5-7-15-33(31)39(34-16-8-6-14-32(34)38)29-20-21-36-35(24-29)40-30-12-4-3-10-26(30)19-22-37(40)41-36;1-2-11-25(12-3-1)26-21-23-27(24-22-26)36-29-14-4-6-16-31(29)37(32-17-7-5-15-30(32)36)34-19-10-18-33-28-13-8-9-20-35(28)39-38(33)34;1-2-10-21(11-3-1)31-25-13-4-6-15-27(25)32(28-16-7-5-14-26(28)31)22-18-19-24-23-12-8-9-17-29(23)33-30(24)20-22/h1-24H;1-24H;1-20H/i;1D,2D,3D,11D,12D;. The summed E-state index contributed by atoms with van der Waals surface area (Å²) in [6.45, 7) is 0. The molecule has 113 heavy (non-hydrogen) atoms. The molecular weight excluding hydrogens is 1370 g/mol. The van der Waals surface area contributed by atoms with E-state index >= 15 is 0 Å². The first-order valence-corrected chi connectivity index (χ1v) is 38.3. The van der Waals surface area contributed by atoms with Crippen molar-refractivity contribution in [2.24, 2.45) is 0 Å². The summed E-state index contributed by atoms with van der Waals surface area (Å²) in [5, 5.41) is 26.2. The molecule has 24 aromatic rings. The quantitative estimate of drug-likeness (QED) is 0.149. The van der Waals surface area contributed by atoms with Crippen LogP contribution in [0.4, 0.5) is 0 Å². The van der Waals surface area contributed by atoms with E-state index in [1.165, 1.54) is 115 Å². The predicted octanol–water partition coefficient (Wildman–Crippen LogP) is 31.7. The van der Waals surface area contributed by atoms with Gasteiger partial charge in [-0.2, -0.15) is 0 Å². The van der Waals surface area contributed by atoms with Gasteiger partial charge in [0.1, 0.15) is 33.5 Å². The maximum absolute atomic E-state index is 8.42. The smallest absolute Gasteiger partial charge is 0.143 e. The molecule has 526 valence electrons. The van der Waals surface area contributed by atoms with E-state index in [4.69, 9.17) is 20.1 Å². The van der Waals surface area contributed by atoms with Crippen molar-refractivity contribution in [3.63, 3.8) is 0 Å². The summed E-state index contributed by atoms with van der Waals surface area (Å²) in [7, 11) is 0. The Kier molecular flexibility index (Phi) is 14.4. The molecule has 24 rings (SSSR count). The fourth-order valence-electron chi connectivity index (χ4n) is 17.9. The summed E-state index contributed by atoms with van der Waals surface area (Å²) in [5.41, 5.74) is 20.3. The van der Waals surface area contributed by atoms with Gasteiger partial charge < -0.3 is 13.3 Å². The van der Waals surface area contributed by atoms with Crippen molar-refractivity contribution < 1.29 is 20.1 Å². The molecule has 0 aliphatic carbocycles.